The molecule has 4 atom stereocenters. The van der Waals surface area contributed by atoms with Crippen LogP contribution < -0.4 is 10.2 Å². The van der Waals surface area contributed by atoms with Gasteiger partial charge in [-0.1, -0.05) is 6.07 Å². The Morgan fingerprint density at radius 2 is 2.32 bits per heavy atom. The number of fused-ring (bicyclic) bond motifs is 1. The average Bonchev–Trinajstić information content (AvgIpc) is 3.34. The normalized spacial score (nSPS) is 30.5. The standard InChI is InChI=1S/C21H23FN4O2/c1-13-3-2-4-19(25-13)26-11-17-16(18-5-6-21(17,12-26)28-18)10-24-20(27)14-7-15(22)9-23-8-14/h2-4,7-9,16-18H,5-6,10-12H2,1H3,(H,24,27)/t16-,17+,18+,21+/m0/s1. The van der Waals surface area contributed by atoms with Crippen LogP contribution in [0.25, 0.3) is 0 Å². The summed E-state index contributed by atoms with van der Waals surface area (Å²) in [5.74, 6) is 0.809. The van der Waals surface area contributed by atoms with Crippen molar-refractivity contribution in [1.29, 1.82) is 0 Å². The summed E-state index contributed by atoms with van der Waals surface area (Å²) in [6, 6.07) is 7.29. The fourth-order valence-electron chi connectivity index (χ4n) is 5.19. The van der Waals surface area contributed by atoms with Gasteiger partial charge in [-0.25, -0.2) is 9.37 Å². The predicted molar refractivity (Wildman–Crippen MR) is 102 cm³/mol. The molecular weight excluding hydrogens is 359 g/mol. The third kappa shape index (κ3) is 2.85. The van der Waals surface area contributed by atoms with Crippen molar-refractivity contribution in [3.8, 4) is 0 Å². The van der Waals surface area contributed by atoms with E-state index in [1.165, 1.54) is 12.3 Å². The molecule has 3 aliphatic heterocycles. The van der Waals surface area contributed by atoms with Crippen molar-refractivity contribution in [3.05, 3.63) is 53.7 Å². The van der Waals surface area contributed by atoms with Crippen molar-refractivity contribution in [3.63, 3.8) is 0 Å². The first-order valence-corrected chi connectivity index (χ1v) is 9.79. The third-order valence-electron chi connectivity index (χ3n) is 6.45. The molecule has 3 fully saturated rings. The number of carbonyl (C=O) groups is 1. The lowest BCUT2D eigenvalue weighted by atomic mass is 9.73. The third-order valence-corrected chi connectivity index (χ3v) is 6.45. The summed E-state index contributed by atoms with van der Waals surface area (Å²) in [5.41, 5.74) is 1.12. The van der Waals surface area contributed by atoms with Crippen LogP contribution in [0.4, 0.5) is 10.2 Å². The van der Waals surface area contributed by atoms with Gasteiger partial charge in [-0.2, -0.15) is 0 Å². The first-order chi connectivity index (χ1) is 13.5. The highest BCUT2D eigenvalue weighted by atomic mass is 19.1. The van der Waals surface area contributed by atoms with E-state index in [0.717, 1.165) is 43.6 Å². The molecule has 2 bridgehead atoms. The number of aryl methyl sites for hydroxylation is 1. The van der Waals surface area contributed by atoms with Crippen molar-refractivity contribution in [2.45, 2.75) is 31.5 Å². The zero-order valence-electron chi connectivity index (χ0n) is 15.8. The molecule has 1 spiro atoms. The Kier molecular flexibility index (Phi) is 4.08. The molecule has 0 radical (unpaired) electrons. The maximum absolute atomic E-state index is 13.3. The van der Waals surface area contributed by atoms with Crippen molar-refractivity contribution >= 4 is 11.7 Å². The van der Waals surface area contributed by atoms with E-state index in [1.54, 1.807) is 0 Å². The fraction of sp³-hybridized carbons (Fsp3) is 0.476. The molecule has 0 aromatic carbocycles. The molecule has 1 amide bonds. The minimum Gasteiger partial charge on any atom is -0.369 e. The first kappa shape index (κ1) is 17.6. The highest BCUT2D eigenvalue weighted by Crippen LogP contribution is 2.55. The predicted octanol–water partition coefficient (Wildman–Crippen LogP) is 2.34. The van der Waals surface area contributed by atoms with Crippen molar-refractivity contribution < 1.29 is 13.9 Å². The van der Waals surface area contributed by atoms with Gasteiger partial charge in [-0.05, 0) is 38.0 Å². The van der Waals surface area contributed by atoms with E-state index in [-0.39, 0.29) is 29.1 Å². The molecule has 0 unspecified atom stereocenters. The number of amides is 1. The minimum absolute atomic E-state index is 0.133. The number of hydrogen-bond donors (Lipinski definition) is 1. The number of anilines is 1. The Morgan fingerprint density at radius 3 is 3.14 bits per heavy atom. The number of ether oxygens (including phenoxy) is 1. The number of nitrogens with zero attached hydrogens (tertiary/aromatic N) is 3. The molecule has 1 N–H and O–H groups in total. The monoisotopic (exact) mass is 382 g/mol. The quantitative estimate of drug-likeness (QED) is 0.879. The van der Waals surface area contributed by atoms with Crippen LogP contribution in [0.2, 0.25) is 0 Å². The van der Waals surface area contributed by atoms with E-state index in [4.69, 9.17) is 4.74 Å². The summed E-state index contributed by atoms with van der Waals surface area (Å²) in [6.07, 6.45) is 4.74. The highest BCUT2D eigenvalue weighted by molar-refractivity contribution is 5.93. The van der Waals surface area contributed by atoms with E-state index in [0.29, 0.717) is 12.5 Å². The minimum atomic E-state index is -0.507. The van der Waals surface area contributed by atoms with Crippen LogP contribution in [-0.2, 0) is 4.74 Å². The van der Waals surface area contributed by atoms with Gasteiger partial charge in [0.05, 0.1) is 23.5 Å². The number of pyridine rings is 2. The molecule has 3 aliphatic rings. The van der Waals surface area contributed by atoms with Crippen LogP contribution in [-0.4, -0.2) is 47.2 Å². The lowest BCUT2D eigenvalue weighted by Gasteiger charge is -2.29. The number of halogens is 1. The fourth-order valence-corrected chi connectivity index (χ4v) is 5.19. The molecular formula is C21H23FN4O2. The zero-order valence-corrected chi connectivity index (χ0v) is 15.8. The maximum Gasteiger partial charge on any atom is 0.252 e. The molecule has 28 heavy (non-hydrogen) atoms. The first-order valence-electron chi connectivity index (χ1n) is 9.79. The molecule has 2 aromatic heterocycles. The van der Waals surface area contributed by atoms with Crippen LogP contribution in [0.5, 0.6) is 0 Å². The van der Waals surface area contributed by atoms with Crippen molar-refractivity contribution in [1.82, 2.24) is 15.3 Å². The largest absolute Gasteiger partial charge is 0.369 e. The smallest absolute Gasteiger partial charge is 0.252 e. The van der Waals surface area contributed by atoms with E-state index in [9.17, 15) is 9.18 Å². The van der Waals surface area contributed by atoms with Crippen LogP contribution in [0, 0.1) is 24.6 Å². The van der Waals surface area contributed by atoms with E-state index in [1.807, 2.05) is 25.1 Å². The second kappa shape index (κ2) is 6.51. The Balaban J connectivity index is 1.30. The molecule has 7 heteroatoms. The SMILES string of the molecule is Cc1cccc(N2C[C@@H]3[C@H](CNC(=O)c4cncc(F)c4)[C@H]4CC[C@]3(C2)O4)n1. The van der Waals surface area contributed by atoms with Gasteiger partial charge in [0, 0.05) is 43.4 Å². The number of carbonyl (C=O) groups excluding carboxylic acids is 1. The van der Waals surface area contributed by atoms with Gasteiger partial charge < -0.3 is 15.0 Å². The van der Waals surface area contributed by atoms with Gasteiger partial charge >= 0.3 is 0 Å². The highest BCUT2D eigenvalue weighted by Gasteiger charge is 2.63. The number of hydrogen-bond acceptors (Lipinski definition) is 5. The van der Waals surface area contributed by atoms with Gasteiger partial charge in [0.2, 0.25) is 0 Å². The van der Waals surface area contributed by atoms with Gasteiger partial charge in [-0.3, -0.25) is 9.78 Å². The second-order valence-electron chi connectivity index (χ2n) is 8.15. The molecule has 146 valence electrons. The van der Waals surface area contributed by atoms with Crippen LogP contribution >= 0.6 is 0 Å². The maximum atomic E-state index is 13.3. The van der Waals surface area contributed by atoms with Gasteiger partial charge in [-0.15, -0.1) is 0 Å². The summed E-state index contributed by atoms with van der Waals surface area (Å²) in [5, 5.41) is 2.97. The summed E-state index contributed by atoms with van der Waals surface area (Å²) in [6.45, 7) is 4.26. The van der Waals surface area contributed by atoms with Crippen molar-refractivity contribution in [2.24, 2.45) is 11.8 Å². The Hall–Kier alpha value is -2.54. The van der Waals surface area contributed by atoms with Gasteiger partial charge in [0.15, 0.2) is 0 Å². The summed E-state index contributed by atoms with van der Waals surface area (Å²) in [7, 11) is 0. The zero-order chi connectivity index (χ0) is 19.3. The molecule has 6 nitrogen and oxygen atoms in total. The summed E-state index contributed by atoms with van der Waals surface area (Å²) < 4.78 is 19.8. The molecule has 5 rings (SSSR count). The molecule has 3 saturated heterocycles. The molecule has 0 aliphatic carbocycles. The summed E-state index contributed by atoms with van der Waals surface area (Å²) in [4.78, 5) is 23.1. The van der Waals surface area contributed by atoms with Crippen molar-refractivity contribution in [2.75, 3.05) is 24.5 Å². The van der Waals surface area contributed by atoms with Crippen LogP contribution in [0.15, 0.2) is 36.7 Å². The lowest BCUT2D eigenvalue weighted by molar-refractivity contribution is 0.0141. The lowest BCUT2D eigenvalue weighted by Crippen LogP contribution is -2.41. The van der Waals surface area contributed by atoms with Crippen LogP contribution in [0.3, 0.4) is 0 Å². The Bertz CT molecular complexity index is 923. The van der Waals surface area contributed by atoms with Gasteiger partial charge in [0.25, 0.3) is 5.91 Å². The number of nitrogens with one attached hydrogen (secondary N) is 1. The Morgan fingerprint density at radius 1 is 1.43 bits per heavy atom. The van der Waals surface area contributed by atoms with E-state index < -0.39 is 5.82 Å². The number of aromatic nitrogens is 2. The van der Waals surface area contributed by atoms with Gasteiger partial charge in [0.1, 0.15) is 11.6 Å². The van der Waals surface area contributed by atoms with E-state index in [2.05, 4.69) is 20.2 Å². The average molecular weight is 382 g/mol. The second-order valence-corrected chi connectivity index (χ2v) is 8.15. The molecule has 2 aromatic rings. The molecule has 0 saturated carbocycles. The topological polar surface area (TPSA) is 67.4 Å². The Labute approximate surface area is 163 Å². The van der Waals surface area contributed by atoms with E-state index >= 15 is 0 Å². The van der Waals surface area contributed by atoms with Crippen LogP contribution in [0.1, 0.15) is 28.9 Å². The summed E-state index contributed by atoms with van der Waals surface area (Å²) >= 11 is 0. The molecule has 5 heterocycles. The number of rotatable bonds is 4.